The van der Waals surface area contributed by atoms with E-state index in [0.29, 0.717) is 25.2 Å². The molecule has 1 N–H and O–H groups in total. The standard InChI is InChI=1S/C8H19NO3S/c1-7(2)9(8(3)4)5-6-12-13(10)11/h7-8H,5-6H2,1-4H3,(H,10,11). The first-order valence-corrected chi connectivity index (χ1v) is 5.48. The number of hydrogen-bond acceptors (Lipinski definition) is 3. The molecule has 0 heterocycles. The minimum Gasteiger partial charge on any atom is -0.296 e. The molecule has 0 radical (unpaired) electrons. The van der Waals surface area contributed by atoms with Crippen LogP contribution < -0.4 is 0 Å². The van der Waals surface area contributed by atoms with Crippen LogP contribution in [0.3, 0.4) is 0 Å². The molecule has 0 aliphatic heterocycles. The quantitative estimate of drug-likeness (QED) is 0.669. The van der Waals surface area contributed by atoms with Crippen LogP contribution in [0.2, 0.25) is 0 Å². The van der Waals surface area contributed by atoms with Crippen LogP contribution in [0.5, 0.6) is 0 Å². The summed E-state index contributed by atoms with van der Waals surface area (Å²) in [6, 6.07) is 0.853. The zero-order valence-corrected chi connectivity index (χ0v) is 9.50. The SMILES string of the molecule is CC(C)N(CCOS(=O)O)C(C)C. The lowest BCUT2D eigenvalue weighted by atomic mass is 10.2. The second kappa shape index (κ2) is 6.48. The minimum atomic E-state index is -2.14. The average molecular weight is 209 g/mol. The summed E-state index contributed by atoms with van der Waals surface area (Å²) in [5.74, 6) is 0. The van der Waals surface area contributed by atoms with E-state index in [1.54, 1.807) is 0 Å². The van der Waals surface area contributed by atoms with Crippen LogP contribution in [0.4, 0.5) is 0 Å². The Kier molecular flexibility index (Phi) is 6.49. The summed E-state index contributed by atoms with van der Waals surface area (Å²) in [5.41, 5.74) is 0. The van der Waals surface area contributed by atoms with Gasteiger partial charge < -0.3 is 0 Å². The molecule has 4 nitrogen and oxygen atoms in total. The van der Waals surface area contributed by atoms with Crippen LogP contribution in [0.15, 0.2) is 0 Å². The van der Waals surface area contributed by atoms with E-state index in [4.69, 9.17) is 4.55 Å². The van der Waals surface area contributed by atoms with Gasteiger partial charge in [-0.1, -0.05) is 0 Å². The van der Waals surface area contributed by atoms with E-state index in [9.17, 15) is 4.21 Å². The summed E-state index contributed by atoms with van der Waals surface area (Å²) in [6.45, 7) is 9.35. The molecule has 0 aromatic carbocycles. The van der Waals surface area contributed by atoms with Crippen molar-refractivity contribution in [2.24, 2.45) is 0 Å². The maximum atomic E-state index is 10.2. The Balaban J connectivity index is 3.77. The Hall–Kier alpha value is 0.0300. The van der Waals surface area contributed by atoms with Crippen LogP contribution in [0, 0.1) is 0 Å². The summed E-state index contributed by atoms with van der Waals surface area (Å²) < 4.78 is 23.1. The molecule has 0 saturated carbocycles. The molecule has 0 fully saturated rings. The van der Waals surface area contributed by atoms with Gasteiger partial charge in [-0.2, -0.15) is 4.21 Å². The Morgan fingerprint density at radius 1 is 1.31 bits per heavy atom. The van der Waals surface area contributed by atoms with Crippen LogP contribution in [-0.4, -0.2) is 38.9 Å². The fourth-order valence-electron chi connectivity index (χ4n) is 1.33. The molecule has 0 aliphatic carbocycles. The van der Waals surface area contributed by atoms with Crippen LogP contribution in [0.1, 0.15) is 27.7 Å². The van der Waals surface area contributed by atoms with E-state index >= 15 is 0 Å². The molecule has 0 spiro atoms. The van der Waals surface area contributed by atoms with E-state index in [2.05, 4.69) is 36.8 Å². The van der Waals surface area contributed by atoms with E-state index in [1.165, 1.54) is 0 Å². The molecule has 0 rings (SSSR count). The lowest BCUT2D eigenvalue weighted by molar-refractivity contribution is 0.143. The first kappa shape index (κ1) is 13.0. The second-order valence-corrected chi connectivity index (χ2v) is 4.13. The van der Waals surface area contributed by atoms with Crippen molar-refractivity contribution in [2.75, 3.05) is 13.2 Å². The maximum Gasteiger partial charge on any atom is 0.301 e. The fourth-order valence-corrected chi connectivity index (χ4v) is 1.54. The summed E-state index contributed by atoms with van der Waals surface area (Å²) in [6.07, 6.45) is 0. The van der Waals surface area contributed by atoms with E-state index in [1.807, 2.05) is 0 Å². The first-order valence-electron chi connectivity index (χ1n) is 4.45. The highest BCUT2D eigenvalue weighted by molar-refractivity contribution is 7.74. The van der Waals surface area contributed by atoms with Gasteiger partial charge in [-0.3, -0.25) is 13.6 Å². The molecule has 5 heteroatoms. The van der Waals surface area contributed by atoms with Gasteiger partial charge in [-0.15, -0.1) is 0 Å². The van der Waals surface area contributed by atoms with Gasteiger partial charge in [0.25, 0.3) is 0 Å². The van der Waals surface area contributed by atoms with E-state index in [0.717, 1.165) is 0 Å². The largest absolute Gasteiger partial charge is 0.301 e. The Bertz CT molecular complexity index is 153. The summed E-state index contributed by atoms with van der Waals surface area (Å²) in [5, 5.41) is 0. The third kappa shape index (κ3) is 6.15. The summed E-state index contributed by atoms with van der Waals surface area (Å²) in [4.78, 5) is 2.20. The first-order chi connectivity index (χ1) is 5.95. The lowest BCUT2D eigenvalue weighted by Gasteiger charge is -2.29. The molecule has 1 atom stereocenters. The third-order valence-corrected chi connectivity index (χ3v) is 2.23. The van der Waals surface area contributed by atoms with Crippen molar-refractivity contribution in [3.63, 3.8) is 0 Å². The van der Waals surface area contributed by atoms with Crippen molar-refractivity contribution in [1.82, 2.24) is 4.90 Å². The van der Waals surface area contributed by atoms with Crippen molar-refractivity contribution in [3.8, 4) is 0 Å². The van der Waals surface area contributed by atoms with Gasteiger partial charge in [0.2, 0.25) is 0 Å². The van der Waals surface area contributed by atoms with Crippen molar-refractivity contribution in [2.45, 2.75) is 39.8 Å². The molecule has 0 aromatic heterocycles. The van der Waals surface area contributed by atoms with Gasteiger partial charge in [0.05, 0.1) is 6.61 Å². The molecule has 1 unspecified atom stereocenters. The van der Waals surface area contributed by atoms with Gasteiger partial charge in [0, 0.05) is 18.6 Å². The molecule has 0 aliphatic rings. The second-order valence-electron chi connectivity index (χ2n) is 3.46. The lowest BCUT2D eigenvalue weighted by Crippen LogP contribution is -2.39. The predicted molar refractivity (Wildman–Crippen MR) is 53.7 cm³/mol. The summed E-state index contributed by atoms with van der Waals surface area (Å²) >= 11 is -2.14. The van der Waals surface area contributed by atoms with Crippen molar-refractivity contribution in [3.05, 3.63) is 0 Å². The van der Waals surface area contributed by atoms with Gasteiger partial charge in [0.1, 0.15) is 0 Å². The third-order valence-electron chi connectivity index (χ3n) is 1.86. The Labute approximate surface area is 82.8 Å². The molecule has 13 heavy (non-hydrogen) atoms. The number of rotatable bonds is 6. The van der Waals surface area contributed by atoms with E-state index < -0.39 is 11.4 Å². The number of hydrogen-bond donors (Lipinski definition) is 1. The van der Waals surface area contributed by atoms with Crippen LogP contribution in [0.25, 0.3) is 0 Å². The highest BCUT2D eigenvalue weighted by atomic mass is 32.2. The average Bonchev–Trinajstić information content (AvgIpc) is 1.95. The maximum absolute atomic E-state index is 10.2. The normalized spacial score (nSPS) is 14.5. The predicted octanol–water partition coefficient (Wildman–Crippen LogP) is 1.26. The van der Waals surface area contributed by atoms with Gasteiger partial charge in [-0.25, -0.2) is 0 Å². The van der Waals surface area contributed by atoms with Crippen LogP contribution in [-0.2, 0) is 15.5 Å². The Morgan fingerprint density at radius 2 is 1.77 bits per heavy atom. The molecule has 0 saturated heterocycles. The van der Waals surface area contributed by atoms with Gasteiger partial charge >= 0.3 is 11.4 Å². The highest BCUT2D eigenvalue weighted by Crippen LogP contribution is 2.03. The molecular formula is C8H19NO3S. The zero-order valence-electron chi connectivity index (χ0n) is 8.69. The fraction of sp³-hybridized carbons (Fsp3) is 1.00. The molecular weight excluding hydrogens is 190 g/mol. The smallest absolute Gasteiger partial charge is 0.296 e. The minimum absolute atomic E-state index is 0.291. The highest BCUT2D eigenvalue weighted by Gasteiger charge is 2.12. The molecule has 80 valence electrons. The molecule has 0 aromatic rings. The van der Waals surface area contributed by atoms with Crippen molar-refractivity contribution < 1.29 is 12.9 Å². The van der Waals surface area contributed by atoms with Crippen molar-refractivity contribution >= 4 is 11.4 Å². The zero-order chi connectivity index (χ0) is 10.4. The van der Waals surface area contributed by atoms with Gasteiger partial charge in [-0.05, 0) is 27.7 Å². The Morgan fingerprint density at radius 3 is 2.08 bits per heavy atom. The molecule has 0 amide bonds. The van der Waals surface area contributed by atoms with Crippen LogP contribution >= 0.6 is 0 Å². The topological polar surface area (TPSA) is 49.8 Å². The monoisotopic (exact) mass is 209 g/mol. The van der Waals surface area contributed by atoms with Crippen molar-refractivity contribution in [1.29, 1.82) is 0 Å². The molecule has 0 bridgehead atoms. The number of nitrogens with zero attached hydrogens (tertiary/aromatic N) is 1. The summed E-state index contributed by atoms with van der Waals surface area (Å²) in [7, 11) is 0. The van der Waals surface area contributed by atoms with Gasteiger partial charge in [0.15, 0.2) is 0 Å². The van der Waals surface area contributed by atoms with E-state index in [-0.39, 0.29) is 0 Å².